The summed E-state index contributed by atoms with van der Waals surface area (Å²) in [5.74, 6) is -0.136. The van der Waals surface area contributed by atoms with Crippen molar-refractivity contribution in [3.63, 3.8) is 0 Å². The molecule has 0 aromatic heterocycles. The molecule has 0 aromatic carbocycles. The maximum Gasteiger partial charge on any atom is 0.513 e. The molecule has 0 saturated carbocycles. The minimum absolute atomic E-state index is 0.136. The van der Waals surface area contributed by atoms with Crippen molar-refractivity contribution in [2.24, 2.45) is 0 Å². The Balaban J connectivity index is 3.94. The molecule has 0 saturated heterocycles. The molecule has 0 bridgehead atoms. The van der Waals surface area contributed by atoms with E-state index in [4.69, 9.17) is 4.89 Å². The minimum Gasteiger partial charge on any atom is -0.295 e. The first-order chi connectivity index (χ1) is 10.3. The van der Waals surface area contributed by atoms with Crippen LogP contribution in [0.4, 0.5) is 0 Å². The Kier molecular flexibility index (Phi) is 11.9. The number of carbonyl (C=O) groups is 1. The van der Waals surface area contributed by atoms with Crippen molar-refractivity contribution in [2.75, 3.05) is 6.16 Å². The first kappa shape index (κ1) is 20.9. The Morgan fingerprint density at radius 2 is 1.32 bits per heavy atom. The molecular formula is C18H30O3P+. The van der Waals surface area contributed by atoms with Crippen molar-refractivity contribution in [1.29, 1.82) is 0 Å². The van der Waals surface area contributed by atoms with Crippen LogP contribution in [0.2, 0.25) is 0 Å². The standard InChI is InChI=1S/C18H29O3P/c1-15(2)8-5-9-16(3)10-6-11-17(4)12-7-13-18(19)14-22(20)21/h8,10,12H,5-7,9,11,13-14H2,1-4H3/p+1/b16-10+,17-12+. The first-order valence-electron chi connectivity index (χ1n) is 7.91. The summed E-state index contributed by atoms with van der Waals surface area (Å²) >= 11 is 0. The SMILES string of the molecule is CC(C)=CCC/C(C)=C/CC/C(C)=C/CCC(=O)C[P+](=O)O. The maximum absolute atomic E-state index is 11.3. The lowest BCUT2D eigenvalue weighted by atomic mass is 10.1. The fraction of sp³-hybridized carbons (Fsp3) is 0.611. The molecule has 0 radical (unpaired) electrons. The van der Waals surface area contributed by atoms with E-state index in [9.17, 15) is 9.36 Å². The van der Waals surface area contributed by atoms with Crippen LogP contribution in [0.3, 0.4) is 0 Å². The van der Waals surface area contributed by atoms with Crippen molar-refractivity contribution in [3.05, 3.63) is 34.9 Å². The molecule has 1 atom stereocenters. The van der Waals surface area contributed by atoms with Gasteiger partial charge in [-0.15, -0.1) is 0 Å². The van der Waals surface area contributed by atoms with Gasteiger partial charge in [-0.3, -0.25) is 4.79 Å². The molecule has 0 aliphatic heterocycles. The smallest absolute Gasteiger partial charge is 0.295 e. The summed E-state index contributed by atoms with van der Waals surface area (Å²) in [6.45, 7) is 8.49. The summed E-state index contributed by atoms with van der Waals surface area (Å²) in [5.41, 5.74) is 4.06. The van der Waals surface area contributed by atoms with Crippen LogP contribution in [-0.4, -0.2) is 16.8 Å². The maximum atomic E-state index is 11.3. The van der Waals surface area contributed by atoms with Crippen LogP contribution in [0.25, 0.3) is 0 Å². The lowest BCUT2D eigenvalue weighted by Gasteiger charge is -2.01. The highest BCUT2D eigenvalue weighted by molar-refractivity contribution is 7.39. The van der Waals surface area contributed by atoms with Gasteiger partial charge in [0.2, 0.25) is 6.16 Å². The molecular weight excluding hydrogens is 295 g/mol. The monoisotopic (exact) mass is 325 g/mol. The molecule has 22 heavy (non-hydrogen) atoms. The normalized spacial score (nSPS) is 13.0. The highest BCUT2D eigenvalue weighted by Gasteiger charge is 2.16. The average Bonchev–Trinajstić information content (AvgIpc) is 2.37. The fourth-order valence-electron chi connectivity index (χ4n) is 2.05. The second-order valence-corrected chi connectivity index (χ2v) is 7.07. The van der Waals surface area contributed by atoms with Gasteiger partial charge < -0.3 is 0 Å². The van der Waals surface area contributed by atoms with Gasteiger partial charge in [-0.2, -0.15) is 4.89 Å². The lowest BCUT2D eigenvalue weighted by Crippen LogP contribution is -1.99. The number of rotatable bonds is 11. The fourth-order valence-corrected chi connectivity index (χ4v) is 2.51. The largest absolute Gasteiger partial charge is 0.513 e. The predicted molar refractivity (Wildman–Crippen MR) is 94.3 cm³/mol. The molecule has 0 rings (SSSR count). The third kappa shape index (κ3) is 13.9. The summed E-state index contributed by atoms with van der Waals surface area (Å²) in [4.78, 5) is 20.0. The van der Waals surface area contributed by atoms with Gasteiger partial charge in [0.1, 0.15) is 0 Å². The number of hydrogen-bond donors (Lipinski definition) is 1. The van der Waals surface area contributed by atoms with Crippen LogP contribution in [0.15, 0.2) is 34.9 Å². The number of hydrogen-bond acceptors (Lipinski definition) is 2. The second-order valence-electron chi connectivity index (χ2n) is 6.05. The van der Waals surface area contributed by atoms with E-state index < -0.39 is 8.03 Å². The van der Waals surface area contributed by atoms with E-state index in [1.54, 1.807) is 0 Å². The number of ketones is 1. The number of carbonyl (C=O) groups excluding carboxylic acids is 1. The van der Waals surface area contributed by atoms with E-state index >= 15 is 0 Å². The zero-order chi connectivity index (χ0) is 17.0. The molecule has 0 aliphatic rings. The summed E-state index contributed by atoms with van der Waals surface area (Å²) in [6, 6.07) is 0. The molecule has 0 heterocycles. The molecule has 0 aliphatic carbocycles. The van der Waals surface area contributed by atoms with Gasteiger partial charge in [0, 0.05) is 6.42 Å². The molecule has 1 unspecified atom stereocenters. The summed E-state index contributed by atoms with van der Waals surface area (Å²) < 4.78 is 10.5. The minimum atomic E-state index is -2.33. The molecule has 3 nitrogen and oxygen atoms in total. The van der Waals surface area contributed by atoms with E-state index in [1.165, 1.54) is 16.7 Å². The molecule has 0 amide bonds. The average molecular weight is 325 g/mol. The van der Waals surface area contributed by atoms with Crippen molar-refractivity contribution in [2.45, 2.75) is 66.2 Å². The number of allylic oxidation sites excluding steroid dienone is 6. The zero-order valence-corrected chi connectivity index (χ0v) is 15.3. The van der Waals surface area contributed by atoms with E-state index in [0.717, 1.165) is 25.7 Å². The van der Waals surface area contributed by atoms with Crippen molar-refractivity contribution in [1.82, 2.24) is 0 Å². The molecule has 1 N–H and O–H groups in total. The second kappa shape index (κ2) is 12.5. The summed E-state index contributed by atoms with van der Waals surface area (Å²) in [6.07, 6.45) is 11.7. The van der Waals surface area contributed by atoms with Crippen LogP contribution in [-0.2, 0) is 9.36 Å². The van der Waals surface area contributed by atoms with Crippen molar-refractivity contribution in [3.8, 4) is 0 Å². The van der Waals surface area contributed by atoms with Crippen LogP contribution in [0.1, 0.15) is 66.2 Å². The Hall–Kier alpha value is -1.05. The van der Waals surface area contributed by atoms with Crippen molar-refractivity contribution < 1.29 is 14.3 Å². The van der Waals surface area contributed by atoms with Gasteiger partial charge in [0.25, 0.3) is 0 Å². The van der Waals surface area contributed by atoms with Gasteiger partial charge in [0.05, 0.1) is 0 Å². The molecule has 0 aromatic rings. The topological polar surface area (TPSA) is 54.4 Å². The van der Waals surface area contributed by atoms with Gasteiger partial charge in [-0.25, -0.2) is 0 Å². The Labute approximate surface area is 136 Å². The lowest BCUT2D eigenvalue weighted by molar-refractivity contribution is -0.116. The van der Waals surface area contributed by atoms with Crippen LogP contribution in [0, 0.1) is 0 Å². The van der Waals surface area contributed by atoms with Crippen molar-refractivity contribution >= 4 is 13.8 Å². The van der Waals surface area contributed by atoms with Gasteiger partial charge in [0.15, 0.2) is 5.78 Å². The van der Waals surface area contributed by atoms with Gasteiger partial charge >= 0.3 is 8.03 Å². The predicted octanol–water partition coefficient (Wildman–Crippen LogP) is 5.49. The van der Waals surface area contributed by atoms with E-state index in [0.29, 0.717) is 12.8 Å². The van der Waals surface area contributed by atoms with E-state index in [1.807, 2.05) is 0 Å². The molecule has 0 spiro atoms. The summed E-state index contributed by atoms with van der Waals surface area (Å²) in [5, 5.41) is 0. The third-order valence-corrected chi connectivity index (χ3v) is 3.97. The highest BCUT2D eigenvalue weighted by atomic mass is 31.1. The Morgan fingerprint density at radius 3 is 1.77 bits per heavy atom. The van der Waals surface area contributed by atoms with Gasteiger partial charge in [-0.1, -0.05) is 34.9 Å². The zero-order valence-electron chi connectivity index (χ0n) is 14.4. The van der Waals surface area contributed by atoms with Crippen LogP contribution >= 0.6 is 8.03 Å². The third-order valence-electron chi connectivity index (χ3n) is 3.35. The molecule has 124 valence electrons. The molecule has 0 fully saturated rings. The Morgan fingerprint density at radius 1 is 0.864 bits per heavy atom. The van der Waals surface area contributed by atoms with E-state index in [-0.39, 0.29) is 11.9 Å². The molecule has 4 heteroatoms. The summed E-state index contributed by atoms with van der Waals surface area (Å²) in [7, 11) is -2.33. The quantitative estimate of drug-likeness (QED) is 0.404. The van der Waals surface area contributed by atoms with Gasteiger partial charge in [-0.05, 0) is 64.4 Å². The number of Topliss-reactive ketones (excluding diaryl/α,β-unsaturated/α-hetero) is 1. The van der Waals surface area contributed by atoms with E-state index in [2.05, 4.69) is 45.9 Å². The van der Waals surface area contributed by atoms with Crippen LogP contribution < -0.4 is 0 Å². The Bertz CT molecular complexity index is 455. The first-order valence-corrected chi connectivity index (χ1v) is 9.31. The highest BCUT2D eigenvalue weighted by Crippen LogP contribution is 2.15. The van der Waals surface area contributed by atoms with Crippen LogP contribution in [0.5, 0.6) is 0 Å².